The summed E-state index contributed by atoms with van der Waals surface area (Å²) in [4.78, 5) is 2.34. The number of nitrogens with one attached hydrogen (secondary N) is 1. The molecule has 6 heteroatoms. The van der Waals surface area contributed by atoms with E-state index in [9.17, 15) is 8.42 Å². The lowest BCUT2D eigenvalue weighted by Gasteiger charge is -2.13. The van der Waals surface area contributed by atoms with Gasteiger partial charge in [-0.05, 0) is 38.9 Å². The molecule has 0 atom stereocenters. The summed E-state index contributed by atoms with van der Waals surface area (Å²) in [6, 6.07) is 0. The lowest BCUT2D eigenvalue weighted by molar-refractivity contribution is 0.334. The van der Waals surface area contributed by atoms with E-state index in [4.69, 9.17) is 5.14 Å². The van der Waals surface area contributed by atoms with Gasteiger partial charge in [0.2, 0.25) is 0 Å². The van der Waals surface area contributed by atoms with Gasteiger partial charge in [-0.15, -0.1) is 0 Å². The molecule has 1 fully saturated rings. The van der Waals surface area contributed by atoms with Crippen LogP contribution in [0.2, 0.25) is 0 Å². The Kier molecular flexibility index (Phi) is 4.11. The largest absolute Gasteiger partial charge is 0.303 e. The zero-order valence-electron chi connectivity index (χ0n) is 7.70. The summed E-state index contributed by atoms with van der Waals surface area (Å²) in [6.45, 7) is 3.70. The number of rotatable bonds is 5. The summed E-state index contributed by atoms with van der Waals surface area (Å²) in [6.07, 6.45) is 3.36. The van der Waals surface area contributed by atoms with Crippen LogP contribution in [0.1, 0.15) is 19.3 Å². The third-order valence-electron chi connectivity index (χ3n) is 2.15. The predicted octanol–water partition coefficient (Wildman–Crippen LogP) is -0.735. The van der Waals surface area contributed by atoms with E-state index in [1.54, 1.807) is 0 Å². The van der Waals surface area contributed by atoms with E-state index in [0.717, 1.165) is 26.1 Å². The Bertz CT molecular complexity index is 234. The molecule has 1 saturated heterocycles. The van der Waals surface area contributed by atoms with Crippen molar-refractivity contribution >= 4 is 10.2 Å². The number of likely N-dealkylation sites (tertiary alicyclic amines) is 1. The standard InChI is InChI=1S/C7H17N3O2S/c8-13(11,12)9-4-3-7-10-5-1-2-6-10/h9H,1-7H2,(H2,8,11,12). The molecular weight excluding hydrogens is 190 g/mol. The monoisotopic (exact) mass is 207 g/mol. The minimum Gasteiger partial charge on any atom is -0.303 e. The van der Waals surface area contributed by atoms with Gasteiger partial charge in [0.25, 0.3) is 10.2 Å². The van der Waals surface area contributed by atoms with Crippen LogP contribution in [0.25, 0.3) is 0 Å². The zero-order chi connectivity index (χ0) is 9.73. The first-order chi connectivity index (χ1) is 6.08. The van der Waals surface area contributed by atoms with Crippen molar-refractivity contribution in [3.8, 4) is 0 Å². The highest BCUT2D eigenvalue weighted by Gasteiger charge is 2.10. The maximum Gasteiger partial charge on any atom is 0.274 e. The van der Waals surface area contributed by atoms with E-state index in [1.165, 1.54) is 12.8 Å². The summed E-state index contributed by atoms with van der Waals surface area (Å²) in [7, 11) is -3.49. The Morgan fingerprint density at radius 3 is 2.46 bits per heavy atom. The minimum absolute atomic E-state index is 0.440. The Morgan fingerprint density at radius 1 is 1.31 bits per heavy atom. The van der Waals surface area contributed by atoms with Gasteiger partial charge < -0.3 is 4.90 Å². The van der Waals surface area contributed by atoms with Crippen molar-refractivity contribution in [1.29, 1.82) is 0 Å². The van der Waals surface area contributed by atoms with Crippen LogP contribution in [-0.4, -0.2) is 39.5 Å². The molecule has 0 bridgehead atoms. The smallest absolute Gasteiger partial charge is 0.274 e. The predicted molar refractivity (Wildman–Crippen MR) is 51.4 cm³/mol. The Morgan fingerprint density at radius 2 is 1.92 bits per heavy atom. The van der Waals surface area contributed by atoms with E-state index >= 15 is 0 Å². The Hall–Kier alpha value is -0.170. The van der Waals surface area contributed by atoms with Crippen LogP contribution in [0.5, 0.6) is 0 Å². The molecule has 0 aromatic carbocycles. The molecular formula is C7H17N3O2S. The summed E-state index contributed by atoms with van der Waals surface area (Å²) in [5, 5.41) is 4.78. The van der Waals surface area contributed by atoms with E-state index in [1.807, 2.05) is 0 Å². The molecule has 0 aliphatic carbocycles. The average Bonchev–Trinajstić information content (AvgIpc) is 2.48. The average molecular weight is 207 g/mol. The third-order valence-corrected chi connectivity index (χ3v) is 2.76. The molecule has 0 unspecified atom stereocenters. The van der Waals surface area contributed by atoms with Crippen molar-refractivity contribution in [2.45, 2.75) is 19.3 Å². The summed E-state index contributed by atoms with van der Waals surface area (Å²) in [5.74, 6) is 0. The zero-order valence-corrected chi connectivity index (χ0v) is 8.52. The van der Waals surface area contributed by atoms with E-state index in [2.05, 4.69) is 9.62 Å². The third kappa shape index (κ3) is 5.20. The minimum atomic E-state index is -3.49. The van der Waals surface area contributed by atoms with Crippen molar-refractivity contribution < 1.29 is 8.42 Å². The van der Waals surface area contributed by atoms with E-state index in [0.29, 0.717) is 6.54 Å². The normalized spacial score (nSPS) is 19.5. The van der Waals surface area contributed by atoms with Crippen molar-refractivity contribution in [1.82, 2.24) is 9.62 Å². The fourth-order valence-corrected chi connectivity index (χ4v) is 1.95. The van der Waals surface area contributed by atoms with Crippen LogP contribution in [0.4, 0.5) is 0 Å². The second kappa shape index (κ2) is 4.90. The first-order valence-electron chi connectivity index (χ1n) is 4.58. The van der Waals surface area contributed by atoms with Gasteiger partial charge in [0.1, 0.15) is 0 Å². The number of hydrogen-bond donors (Lipinski definition) is 2. The molecule has 1 aliphatic rings. The molecule has 0 aromatic heterocycles. The first-order valence-corrected chi connectivity index (χ1v) is 6.12. The van der Waals surface area contributed by atoms with Crippen molar-refractivity contribution in [2.24, 2.45) is 5.14 Å². The molecule has 5 nitrogen and oxygen atoms in total. The highest BCUT2D eigenvalue weighted by molar-refractivity contribution is 7.87. The van der Waals surface area contributed by atoms with Crippen LogP contribution in [0, 0.1) is 0 Å². The maximum absolute atomic E-state index is 10.5. The topological polar surface area (TPSA) is 75.4 Å². The Balaban J connectivity index is 2.01. The van der Waals surface area contributed by atoms with Gasteiger partial charge >= 0.3 is 0 Å². The van der Waals surface area contributed by atoms with Gasteiger partial charge in [-0.25, -0.2) is 9.86 Å². The number of nitrogens with zero attached hydrogens (tertiary/aromatic N) is 1. The van der Waals surface area contributed by atoms with Crippen LogP contribution < -0.4 is 9.86 Å². The lowest BCUT2D eigenvalue weighted by atomic mass is 10.4. The van der Waals surface area contributed by atoms with Gasteiger partial charge in [0, 0.05) is 6.54 Å². The van der Waals surface area contributed by atoms with Crippen molar-refractivity contribution in [3.63, 3.8) is 0 Å². The molecule has 0 radical (unpaired) electrons. The SMILES string of the molecule is NS(=O)(=O)NCCCN1CCCC1. The molecule has 3 N–H and O–H groups in total. The molecule has 1 aliphatic heterocycles. The van der Waals surface area contributed by atoms with Gasteiger partial charge in [-0.3, -0.25) is 0 Å². The highest BCUT2D eigenvalue weighted by Crippen LogP contribution is 2.06. The molecule has 78 valence electrons. The molecule has 0 aromatic rings. The Labute approximate surface area is 79.5 Å². The van der Waals surface area contributed by atoms with E-state index in [-0.39, 0.29) is 0 Å². The van der Waals surface area contributed by atoms with Gasteiger partial charge in [0.05, 0.1) is 0 Å². The van der Waals surface area contributed by atoms with Gasteiger partial charge in [-0.2, -0.15) is 8.42 Å². The fraction of sp³-hybridized carbons (Fsp3) is 1.00. The van der Waals surface area contributed by atoms with Crippen molar-refractivity contribution in [3.05, 3.63) is 0 Å². The molecule has 13 heavy (non-hydrogen) atoms. The first kappa shape index (κ1) is 10.9. The second-order valence-electron chi connectivity index (χ2n) is 3.34. The van der Waals surface area contributed by atoms with Gasteiger partial charge in [-0.1, -0.05) is 0 Å². The van der Waals surface area contributed by atoms with Gasteiger partial charge in [0.15, 0.2) is 0 Å². The van der Waals surface area contributed by atoms with Crippen LogP contribution in [-0.2, 0) is 10.2 Å². The van der Waals surface area contributed by atoms with Crippen LogP contribution in [0.3, 0.4) is 0 Å². The van der Waals surface area contributed by atoms with E-state index < -0.39 is 10.2 Å². The highest BCUT2D eigenvalue weighted by atomic mass is 32.2. The summed E-state index contributed by atoms with van der Waals surface area (Å²) < 4.78 is 23.2. The molecule has 1 rings (SSSR count). The second-order valence-corrected chi connectivity index (χ2v) is 4.72. The maximum atomic E-state index is 10.5. The molecule has 0 saturated carbocycles. The molecule has 1 heterocycles. The fourth-order valence-electron chi connectivity index (χ4n) is 1.52. The van der Waals surface area contributed by atoms with Crippen molar-refractivity contribution in [2.75, 3.05) is 26.2 Å². The summed E-state index contributed by atoms with van der Waals surface area (Å²) in [5.41, 5.74) is 0. The summed E-state index contributed by atoms with van der Waals surface area (Å²) >= 11 is 0. The number of hydrogen-bond acceptors (Lipinski definition) is 3. The molecule has 0 spiro atoms. The quantitative estimate of drug-likeness (QED) is 0.583. The van der Waals surface area contributed by atoms with Crippen LogP contribution >= 0.6 is 0 Å². The lowest BCUT2D eigenvalue weighted by Crippen LogP contribution is -2.33. The molecule has 0 amide bonds. The van der Waals surface area contributed by atoms with Crippen LogP contribution in [0.15, 0.2) is 0 Å². The number of nitrogens with two attached hydrogens (primary N) is 1.